The molecular formula is C9H19IN4O2S. The smallest absolute Gasteiger partial charge is 0.208 e. The molecule has 0 aromatic rings. The van der Waals surface area contributed by atoms with Crippen molar-refractivity contribution in [1.82, 2.24) is 15.4 Å². The normalized spacial score (nSPS) is 11.2. The first-order valence-electron chi connectivity index (χ1n) is 4.90. The zero-order valence-corrected chi connectivity index (χ0v) is 13.1. The van der Waals surface area contributed by atoms with Crippen molar-refractivity contribution >= 4 is 40.0 Å². The fourth-order valence-corrected chi connectivity index (χ4v) is 1.34. The fraction of sp³-hybridized carbons (Fsp3) is 0.667. The summed E-state index contributed by atoms with van der Waals surface area (Å²) in [4.78, 5) is 4.13. The fourth-order valence-electron chi connectivity index (χ4n) is 0.875. The zero-order chi connectivity index (χ0) is 12.4. The third kappa shape index (κ3) is 13.4. The summed E-state index contributed by atoms with van der Waals surface area (Å²) in [5.41, 5.74) is 0. The van der Waals surface area contributed by atoms with Crippen molar-refractivity contribution in [3.05, 3.63) is 0 Å². The van der Waals surface area contributed by atoms with E-state index in [-0.39, 0.29) is 30.5 Å². The Morgan fingerprint density at radius 3 is 2.53 bits per heavy atom. The minimum absolute atomic E-state index is 0. The SMILES string of the molecule is C#CCNC(=NCCNS(C)(=O)=O)NCC.I. The molecule has 0 saturated carbocycles. The van der Waals surface area contributed by atoms with Gasteiger partial charge < -0.3 is 10.6 Å². The Hall–Kier alpha value is -0.530. The molecule has 0 aliphatic carbocycles. The lowest BCUT2D eigenvalue weighted by atomic mass is 10.6. The highest BCUT2D eigenvalue weighted by Crippen LogP contribution is 1.76. The lowest BCUT2D eigenvalue weighted by Gasteiger charge is -2.08. The highest BCUT2D eigenvalue weighted by atomic mass is 127. The number of hydrogen-bond donors (Lipinski definition) is 3. The molecule has 0 rings (SSSR count). The van der Waals surface area contributed by atoms with Crippen LogP contribution in [0.2, 0.25) is 0 Å². The Morgan fingerprint density at radius 1 is 1.41 bits per heavy atom. The summed E-state index contributed by atoms with van der Waals surface area (Å²) in [6.45, 7) is 3.65. The van der Waals surface area contributed by atoms with Crippen LogP contribution in [0.25, 0.3) is 0 Å². The van der Waals surface area contributed by atoms with Gasteiger partial charge in [0.25, 0.3) is 0 Å². The van der Waals surface area contributed by atoms with Crippen LogP contribution >= 0.6 is 24.0 Å². The summed E-state index contributed by atoms with van der Waals surface area (Å²) < 4.78 is 23.9. The summed E-state index contributed by atoms with van der Waals surface area (Å²) in [5, 5.41) is 5.87. The molecule has 0 atom stereocenters. The van der Waals surface area contributed by atoms with E-state index in [4.69, 9.17) is 6.42 Å². The van der Waals surface area contributed by atoms with Crippen LogP contribution in [0.3, 0.4) is 0 Å². The van der Waals surface area contributed by atoms with Gasteiger partial charge in [-0.3, -0.25) is 4.99 Å². The molecule has 0 heterocycles. The van der Waals surface area contributed by atoms with Crippen LogP contribution < -0.4 is 15.4 Å². The van der Waals surface area contributed by atoms with Crippen molar-refractivity contribution in [2.75, 3.05) is 32.4 Å². The second-order valence-corrected chi connectivity index (χ2v) is 4.82. The molecule has 0 aromatic heterocycles. The Balaban J connectivity index is 0. The van der Waals surface area contributed by atoms with E-state index in [1.807, 2.05) is 6.92 Å². The van der Waals surface area contributed by atoms with Crippen LogP contribution in [0.1, 0.15) is 6.92 Å². The first-order chi connectivity index (χ1) is 7.49. The van der Waals surface area contributed by atoms with Gasteiger partial charge in [-0.15, -0.1) is 30.4 Å². The molecule has 0 bridgehead atoms. The third-order valence-corrected chi connectivity index (χ3v) is 2.18. The van der Waals surface area contributed by atoms with Gasteiger partial charge in [0.2, 0.25) is 10.0 Å². The molecule has 0 aromatic carbocycles. The van der Waals surface area contributed by atoms with Gasteiger partial charge >= 0.3 is 0 Å². The van der Waals surface area contributed by atoms with Crippen LogP contribution in [0.4, 0.5) is 0 Å². The molecule has 8 heteroatoms. The minimum Gasteiger partial charge on any atom is -0.357 e. The van der Waals surface area contributed by atoms with Gasteiger partial charge in [0, 0.05) is 13.1 Å². The molecule has 0 saturated heterocycles. The highest BCUT2D eigenvalue weighted by molar-refractivity contribution is 14.0. The van der Waals surface area contributed by atoms with E-state index in [0.717, 1.165) is 12.8 Å². The Morgan fingerprint density at radius 2 is 2.06 bits per heavy atom. The van der Waals surface area contributed by atoms with E-state index in [2.05, 4.69) is 26.3 Å². The predicted molar refractivity (Wildman–Crippen MR) is 81.1 cm³/mol. The van der Waals surface area contributed by atoms with Crippen molar-refractivity contribution in [2.24, 2.45) is 4.99 Å². The zero-order valence-electron chi connectivity index (χ0n) is 9.99. The molecule has 0 aliphatic heterocycles. The van der Waals surface area contributed by atoms with Gasteiger partial charge in [0.1, 0.15) is 0 Å². The maximum Gasteiger partial charge on any atom is 0.208 e. The van der Waals surface area contributed by atoms with Gasteiger partial charge in [-0.1, -0.05) is 5.92 Å². The second-order valence-electron chi connectivity index (χ2n) is 2.98. The summed E-state index contributed by atoms with van der Waals surface area (Å²) in [6.07, 6.45) is 6.21. The first-order valence-corrected chi connectivity index (χ1v) is 6.79. The summed E-state index contributed by atoms with van der Waals surface area (Å²) in [5.74, 6) is 3.01. The quantitative estimate of drug-likeness (QED) is 0.190. The topological polar surface area (TPSA) is 82.6 Å². The van der Waals surface area contributed by atoms with Crippen LogP contribution in [0, 0.1) is 12.3 Å². The van der Waals surface area contributed by atoms with Crippen LogP contribution in [-0.4, -0.2) is 46.8 Å². The number of nitrogens with zero attached hydrogens (tertiary/aromatic N) is 1. The molecule has 0 unspecified atom stereocenters. The van der Waals surface area contributed by atoms with E-state index in [1.54, 1.807) is 0 Å². The number of hydrogen-bond acceptors (Lipinski definition) is 3. The lowest BCUT2D eigenvalue weighted by Crippen LogP contribution is -2.38. The third-order valence-electron chi connectivity index (χ3n) is 1.45. The van der Waals surface area contributed by atoms with Crippen LogP contribution in [-0.2, 0) is 10.0 Å². The molecule has 0 aliphatic rings. The van der Waals surface area contributed by atoms with E-state index < -0.39 is 10.0 Å². The molecule has 0 radical (unpaired) electrons. The average Bonchev–Trinajstić information content (AvgIpc) is 2.19. The van der Waals surface area contributed by atoms with Crippen LogP contribution in [0.5, 0.6) is 0 Å². The predicted octanol–water partition coefficient (Wildman–Crippen LogP) is -0.658. The number of aliphatic imine (C=N–C) groups is 1. The maximum absolute atomic E-state index is 10.8. The van der Waals surface area contributed by atoms with Crippen molar-refractivity contribution in [1.29, 1.82) is 0 Å². The van der Waals surface area contributed by atoms with Crippen molar-refractivity contribution in [3.63, 3.8) is 0 Å². The van der Waals surface area contributed by atoms with Gasteiger partial charge in [0.05, 0.1) is 19.3 Å². The van der Waals surface area contributed by atoms with Crippen molar-refractivity contribution in [2.45, 2.75) is 6.92 Å². The summed E-state index contributed by atoms with van der Waals surface area (Å²) >= 11 is 0. The molecule has 100 valence electrons. The van der Waals surface area contributed by atoms with Gasteiger partial charge in [0.15, 0.2) is 5.96 Å². The Bertz CT molecular complexity index is 362. The molecule has 3 N–H and O–H groups in total. The van der Waals surface area contributed by atoms with E-state index in [0.29, 0.717) is 19.0 Å². The second kappa shape index (κ2) is 10.6. The van der Waals surface area contributed by atoms with E-state index in [9.17, 15) is 8.42 Å². The summed E-state index contributed by atoms with van der Waals surface area (Å²) in [6, 6.07) is 0. The van der Waals surface area contributed by atoms with E-state index in [1.165, 1.54) is 0 Å². The Labute approximate surface area is 120 Å². The van der Waals surface area contributed by atoms with Gasteiger partial charge in [-0.25, -0.2) is 13.1 Å². The average molecular weight is 374 g/mol. The number of sulfonamides is 1. The molecular weight excluding hydrogens is 355 g/mol. The highest BCUT2D eigenvalue weighted by Gasteiger charge is 1.98. The Kier molecular flexibility index (Phi) is 11.8. The number of guanidine groups is 1. The molecule has 0 spiro atoms. The molecule has 0 amide bonds. The van der Waals surface area contributed by atoms with Crippen molar-refractivity contribution in [3.8, 4) is 12.3 Å². The molecule has 0 fully saturated rings. The monoisotopic (exact) mass is 374 g/mol. The maximum atomic E-state index is 10.8. The largest absolute Gasteiger partial charge is 0.357 e. The molecule has 17 heavy (non-hydrogen) atoms. The first kappa shape index (κ1) is 18.8. The lowest BCUT2D eigenvalue weighted by molar-refractivity contribution is 0.588. The molecule has 6 nitrogen and oxygen atoms in total. The van der Waals surface area contributed by atoms with Gasteiger partial charge in [-0.2, -0.15) is 0 Å². The van der Waals surface area contributed by atoms with Crippen molar-refractivity contribution < 1.29 is 8.42 Å². The van der Waals surface area contributed by atoms with Gasteiger partial charge in [-0.05, 0) is 6.92 Å². The number of nitrogens with one attached hydrogen (secondary N) is 3. The standard InChI is InChI=1S/C9H18N4O2S.HI/c1-4-6-11-9(10-5-2)12-7-8-13-16(3,14)15;/h1,13H,5-8H2,2-3H3,(H2,10,11,12);1H. The van der Waals surface area contributed by atoms with E-state index >= 15 is 0 Å². The number of terminal acetylenes is 1. The minimum atomic E-state index is -3.14. The number of rotatable bonds is 6. The summed E-state index contributed by atoms with van der Waals surface area (Å²) in [7, 11) is -3.14. The number of halogens is 1. The van der Waals surface area contributed by atoms with Crippen LogP contribution in [0.15, 0.2) is 4.99 Å².